The number of para-hydroxylation sites is 1. The molecule has 0 amide bonds. The second kappa shape index (κ2) is 6.77. The third kappa shape index (κ3) is 4.08. The third-order valence-corrected chi connectivity index (χ3v) is 3.57. The van der Waals surface area contributed by atoms with Gasteiger partial charge in [0.1, 0.15) is 18.5 Å². The molecule has 1 N–H and O–H groups in total. The molecule has 0 spiro atoms. The highest BCUT2D eigenvalue weighted by molar-refractivity contribution is 5.36. The van der Waals surface area contributed by atoms with Crippen LogP contribution in [0.25, 0.3) is 0 Å². The minimum atomic E-state index is -0.608. The summed E-state index contributed by atoms with van der Waals surface area (Å²) in [5, 5.41) is 10.3. The fraction of sp³-hybridized carbons (Fsp3) is 0.368. The van der Waals surface area contributed by atoms with Gasteiger partial charge in [0.15, 0.2) is 0 Å². The molecule has 0 saturated heterocycles. The maximum absolute atomic E-state index is 10.3. The van der Waals surface area contributed by atoms with Crippen molar-refractivity contribution in [3.63, 3.8) is 0 Å². The number of benzene rings is 2. The molecular formula is C19H24O2. The molecular weight excluding hydrogens is 260 g/mol. The average molecular weight is 284 g/mol. The number of aryl methyl sites for hydroxylation is 2. The van der Waals surface area contributed by atoms with Crippen molar-refractivity contribution in [1.82, 2.24) is 0 Å². The summed E-state index contributed by atoms with van der Waals surface area (Å²) < 4.78 is 5.84. The van der Waals surface area contributed by atoms with E-state index >= 15 is 0 Å². The minimum Gasteiger partial charge on any atom is -0.490 e. The van der Waals surface area contributed by atoms with Gasteiger partial charge >= 0.3 is 0 Å². The summed E-state index contributed by atoms with van der Waals surface area (Å²) in [6, 6.07) is 14.1. The zero-order valence-electron chi connectivity index (χ0n) is 13.3. The van der Waals surface area contributed by atoms with E-state index in [1.165, 1.54) is 5.56 Å². The minimum absolute atomic E-state index is 0.270. The lowest BCUT2D eigenvalue weighted by Crippen LogP contribution is -2.11. The fourth-order valence-corrected chi connectivity index (χ4v) is 2.56. The summed E-state index contributed by atoms with van der Waals surface area (Å²) in [4.78, 5) is 0. The maximum atomic E-state index is 10.3. The molecule has 0 saturated carbocycles. The molecule has 1 unspecified atom stereocenters. The summed E-state index contributed by atoms with van der Waals surface area (Å²) in [6.07, 6.45) is -0.608. The number of rotatable bonds is 5. The van der Waals surface area contributed by atoms with E-state index in [1.54, 1.807) is 0 Å². The second-order valence-electron chi connectivity index (χ2n) is 5.94. The molecule has 0 aliphatic rings. The molecule has 0 radical (unpaired) electrons. The standard InChI is InChI=1S/C19H24O2/c1-13(2)17-7-5-6-8-19(17)21-12-18(20)16-10-14(3)9-15(4)11-16/h5-11,13,18,20H,12H2,1-4H3. The summed E-state index contributed by atoms with van der Waals surface area (Å²) in [7, 11) is 0. The lowest BCUT2D eigenvalue weighted by atomic mass is 10.0. The molecule has 2 nitrogen and oxygen atoms in total. The molecule has 2 rings (SSSR count). The zero-order valence-corrected chi connectivity index (χ0v) is 13.3. The van der Waals surface area contributed by atoms with Crippen LogP contribution >= 0.6 is 0 Å². The van der Waals surface area contributed by atoms with Gasteiger partial charge in [0.05, 0.1) is 0 Å². The number of hydrogen-bond donors (Lipinski definition) is 1. The van der Waals surface area contributed by atoms with Crippen LogP contribution in [0.15, 0.2) is 42.5 Å². The first kappa shape index (κ1) is 15.6. The first-order valence-corrected chi connectivity index (χ1v) is 7.45. The molecule has 0 heterocycles. The Morgan fingerprint density at radius 3 is 2.24 bits per heavy atom. The Kier molecular flexibility index (Phi) is 5.03. The molecule has 0 aromatic heterocycles. The highest BCUT2D eigenvalue weighted by atomic mass is 16.5. The van der Waals surface area contributed by atoms with Gasteiger partial charge < -0.3 is 9.84 Å². The number of aliphatic hydroxyl groups excluding tert-OH is 1. The van der Waals surface area contributed by atoms with Crippen molar-refractivity contribution < 1.29 is 9.84 Å². The van der Waals surface area contributed by atoms with E-state index in [4.69, 9.17) is 4.74 Å². The lowest BCUT2D eigenvalue weighted by Gasteiger charge is -2.17. The summed E-state index contributed by atoms with van der Waals surface area (Å²) >= 11 is 0. The molecule has 0 aliphatic heterocycles. The van der Waals surface area contributed by atoms with Gasteiger partial charge in [-0.15, -0.1) is 0 Å². The molecule has 21 heavy (non-hydrogen) atoms. The monoisotopic (exact) mass is 284 g/mol. The van der Waals surface area contributed by atoms with E-state index in [0.29, 0.717) is 5.92 Å². The van der Waals surface area contributed by atoms with Crippen molar-refractivity contribution in [3.05, 3.63) is 64.7 Å². The molecule has 2 aromatic carbocycles. The van der Waals surface area contributed by atoms with Gasteiger partial charge in [-0.2, -0.15) is 0 Å². The van der Waals surface area contributed by atoms with E-state index in [9.17, 15) is 5.11 Å². The number of hydrogen-bond acceptors (Lipinski definition) is 2. The normalized spacial score (nSPS) is 12.5. The molecule has 2 heteroatoms. The van der Waals surface area contributed by atoms with Gasteiger partial charge in [-0.05, 0) is 37.0 Å². The van der Waals surface area contributed by atoms with Gasteiger partial charge in [0.2, 0.25) is 0 Å². The van der Waals surface area contributed by atoms with Crippen molar-refractivity contribution in [3.8, 4) is 5.75 Å². The maximum Gasteiger partial charge on any atom is 0.122 e. The van der Waals surface area contributed by atoms with Crippen molar-refractivity contribution in [2.75, 3.05) is 6.61 Å². The fourth-order valence-electron chi connectivity index (χ4n) is 2.56. The van der Waals surface area contributed by atoms with Crippen LogP contribution in [0.5, 0.6) is 5.75 Å². The molecule has 0 fully saturated rings. The Morgan fingerprint density at radius 2 is 1.62 bits per heavy atom. The van der Waals surface area contributed by atoms with E-state index in [0.717, 1.165) is 22.4 Å². The molecule has 0 bridgehead atoms. The molecule has 112 valence electrons. The van der Waals surface area contributed by atoms with Gasteiger partial charge in [-0.3, -0.25) is 0 Å². The molecule has 2 aromatic rings. The van der Waals surface area contributed by atoms with Crippen molar-refractivity contribution in [2.24, 2.45) is 0 Å². The van der Waals surface area contributed by atoms with Crippen LogP contribution in [0.1, 0.15) is 48.1 Å². The molecule has 0 aliphatic carbocycles. The Hall–Kier alpha value is -1.80. The summed E-state index contributed by atoms with van der Waals surface area (Å²) in [5.41, 5.74) is 4.40. The largest absolute Gasteiger partial charge is 0.490 e. The summed E-state index contributed by atoms with van der Waals surface area (Å²) in [5.74, 6) is 1.26. The first-order chi connectivity index (χ1) is 9.97. The van der Waals surface area contributed by atoms with Crippen LogP contribution in [-0.4, -0.2) is 11.7 Å². The number of aliphatic hydroxyl groups is 1. The van der Waals surface area contributed by atoms with Crippen LogP contribution in [-0.2, 0) is 0 Å². The van der Waals surface area contributed by atoms with Gasteiger partial charge in [0.25, 0.3) is 0 Å². The topological polar surface area (TPSA) is 29.5 Å². The lowest BCUT2D eigenvalue weighted by molar-refractivity contribution is 0.107. The average Bonchev–Trinajstić information content (AvgIpc) is 2.43. The Bertz CT molecular complexity index is 582. The Balaban J connectivity index is 2.09. The quantitative estimate of drug-likeness (QED) is 0.873. The van der Waals surface area contributed by atoms with Crippen molar-refractivity contribution in [2.45, 2.75) is 39.7 Å². The zero-order chi connectivity index (χ0) is 15.4. The van der Waals surface area contributed by atoms with E-state index in [-0.39, 0.29) is 6.61 Å². The highest BCUT2D eigenvalue weighted by Gasteiger charge is 2.12. The third-order valence-electron chi connectivity index (χ3n) is 3.57. The van der Waals surface area contributed by atoms with E-state index in [1.807, 2.05) is 44.2 Å². The van der Waals surface area contributed by atoms with E-state index in [2.05, 4.69) is 26.0 Å². The SMILES string of the molecule is Cc1cc(C)cc(C(O)COc2ccccc2C(C)C)c1. The van der Waals surface area contributed by atoms with Crippen LogP contribution in [0.4, 0.5) is 0 Å². The first-order valence-electron chi connectivity index (χ1n) is 7.45. The predicted octanol–water partition coefficient (Wildman–Crippen LogP) is 4.54. The molecule has 1 atom stereocenters. The summed E-state index contributed by atoms with van der Waals surface area (Å²) in [6.45, 7) is 8.63. The van der Waals surface area contributed by atoms with Crippen molar-refractivity contribution >= 4 is 0 Å². The highest BCUT2D eigenvalue weighted by Crippen LogP contribution is 2.27. The van der Waals surface area contributed by atoms with E-state index < -0.39 is 6.10 Å². The van der Waals surface area contributed by atoms with Gasteiger partial charge in [-0.25, -0.2) is 0 Å². The number of ether oxygens (including phenoxy) is 1. The predicted molar refractivity (Wildman–Crippen MR) is 86.9 cm³/mol. The smallest absolute Gasteiger partial charge is 0.122 e. The second-order valence-corrected chi connectivity index (χ2v) is 5.94. The van der Waals surface area contributed by atoms with Crippen LogP contribution in [0.2, 0.25) is 0 Å². The Morgan fingerprint density at radius 1 is 1.00 bits per heavy atom. The Labute approximate surface area is 127 Å². The van der Waals surface area contributed by atoms with Crippen molar-refractivity contribution in [1.29, 1.82) is 0 Å². The van der Waals surface area contributed by atoms with Crippen LogP contribution in [0.3, 0.4) is 0 Å². The van der Waals surface area contributed by atoms with Crippen LogP contribution in [0, 0.1) is 13.8 Å². The van der Waals surface area contributed by atoms with Crippen LogP contribution < -0.4 is 4.74 Å². The van der Waals surface area contributed by atoms with Gasteiger partial charge in [-0.1, -0.05) is 61.4 Å². The van der Waals surface area contributed by atoms with Gasteiger partial charge in [0, 0.05) is 0 Å².